The van der Waals surface area contributed by atoms with E-state index in [9.17, 15) is 19.2 Å². The molecule has 0 amide bonds. The van der Waals surface area contributed by atoms with Crippen molar-refractivity contribution in [3.8, 4) is 0 Å². The molecule has 0 unspecified atom stereocenters. The number of rotatable bonds is 5. The van der Waals surface area contributed by atoms with Crippen LogP contribution in [0.1, 0.15) is 27.9 Å². The Labute approximate surface area is 159 Å². The normalized spacial score (nSPS) is 12.7. The maximum Gasteiger partial charge on any atom is 0.328 e. The third-order valence-electron chi connectivity index (χ3n) is 4.96. The van der Waals surface area contributed by atoms with Gasteiger partial charge in [0.15, 0.2) is 12.4 Å². The highest BCUT2D eigenvalue weighted by Crippen LogP contribution is 2.23. The summed E-state index contributed by atoms with van der Waals surface area (Å²) in [6, 6.07) is 11.9. The van der Waals surface area contributed by atoms with E-state index in [4.69, 9.17) is 4.74 Å². The third-order valence-corrected chi connectivity index (χ3v) is 4.96. The molecule has 4 rings (SSSR count). The molecule has 1 aliphatic carbocycles. The second-order valence-corrected chi connectivity index (χ2v) is 6.80. The van der Waals surface area contributed by atoms with E-state index >= 15 is 0 Å². The topological polar surface area (TPSA) is 98.2 Å². The number of benzene rings is 2. The quantitative estimate of drug-likeness (QED) is 0.537. The number of aryl methyl sites for hydroxylation is 2. The predicted octanol–water partition coefficient (Wildman–Crippen LogP) is 1.60. The van der Waals surface area contributed by atoms with Gasteiger partial charge in [0.2, 0.25) is 0 Å². The summed E-state index contributed by atoms with van der Waals surface area (Å²) in [5.41, 5.74) is 1.95. The molecule has 0 fully saturated rings. The average Bonchev–Trinajstić information content (AvgIpc) is 3.18. The minimum Gasteiger partial charge on any atom is -0.456 e. The SMILES string of the molecule is O=C(Cn1[nH]c(=O)c2ccccc2c1=O)OCC(=O)c1ccc2c(c1)CCC2. The molecule has 1 N–H and O–H groups in total. The van der Waals surface area contributed by atoms with Gasteiger partial charge in [0.25, 0.3) is 11.1 Å². The van der Waals surface area contributed by atoms with Crippen molar-refractivity contribution in [2.24, 2.45) is 0 Å². The van der Waals surface area contributed by atoms with Crippen molar-refractivity contribution in [2.75, 3.05) is 6.61 Å². The second-order valence-electron chi connectivity index (χ2n) is 6.80. The zero-order chi connectivity index (χ0) is 19.7. The van der Waals surface area contributed by atoms with Gasteiger partial charge in [0, 0.05) is 5.56 Å². The van der Waals surface area contributed by atoms with Gasteiger partial charge in [-0.1, -0.05) is 24.3 Å². The van der Waals surface area contributed by atoms with Gasteiger partial charge in [-0.25, -0.2) is 4.68 Å². The van der Waals surface area contributed by atoms with Gasteiger partial charge >= 0.3 is 5.97 Å². The van der Waals surface area contributed by atoms with E-state index in [0.29, 0.717) is 5.56 Å². The molecule has 7 nitrogen and oxygen atoms in total. The monoisotopic (exact) mass is 378 g/mol. The van der Waals surface area contributed by atoms with E-state index in [1.54, 1.807) is 18.2 Å². The van der Waals surface area contributed by atoms with Crippen LogP contribution >= 0.6 is 0 Å². The van der Waals surface area contributed by atoms with Crippen molar-refractivity contribution in [2.45, 2.75) is 25.8 Å². The largest absolute Gasteiger partial charge is 0.456 e. The fraction of sp³-hybridized carbons (Fsp3) is 0.238. The first-order valence-corrected chi connectivity index (χ1v) is 9.05. The van der Waals surface area contributed by atoms with Crippen LogP contribution in [0.25, 0.3) is 10.8 Å². The Morgan fingerprint density at radius 1 is 1.00 bits per heavy atom. The molecule has 0 atom stereocenters. The Bertz CT molecular complexity index is 1210. The van der Waals surface area contributed by atoms with Crippen LogP contribution in [-0.4, -0.2) is 28.1 Å². The first-order chi connectivity index (χ1) is 13.5. The molecular weight excluding hydrogens is 360 g/mol. The number of ketones is 1. The maximum absolute atomic E-state index is 12.4. The highest BCUT2D eigenvalue weighted by molar-refractivity contribution is 5.98. The number of fused-ring (bicyclic) bond motifs is 2. The van der Waals surface area contributed by atoms with E-state index in [2.05, 4.69) is 5.10 Å². The van der Waals surface area contributed by atoms with E-state index < -0.39 is 30.2 Å². The third kappa shape index (κ3) is 3.38. The summed E-state index contributed by atoms with van der Waals surface area (Å²) in [7, 11) is 0. The van der Waals surface area contributed by atoms with Crippen molar-refractivity contribution in [1.29, 1.82) is 0 Å². The number of H-pyrrole nitrogens is 1. The van der Waals surface area contributed by atoms with Crippen molar-refractivity contribution < 1.29 is 14.3 Å². The Morgan fingerprint density at radius 2 is 1.75 bits per heavy atom. The highest BCUT2D eigenvalue weighted by Gasteiger charge is 2.16. The highest BCUT2D eigenvalue weighted by atomic mass is 16.5. The minimum absolute atomic E-state index is 0.216. The molecular formula is C21H18N2O5. The molecule has 3 aromatic rings. The molecule has 28 heavy (non-hydrogen) atoms. The first-order valence-electron chi connectivity index (χ1n) is 9.05. The summed E-state index contributed by atoms with van der Waals surface area (Å²) < 4.78 is 5.91. The fourth-order valence-corrected chi connectivity index (χ4v) is 3.51. The first kappa shape index (κ1) is 17.9. The van der Waals surface area contributed by atoms with Crippen LogP contribution in [0, 0.1) is 0 Å². The van der Waals surface area contributed by atoms with Crippen LogP contribution in [0.4, 0.5) is 0 Å². The Kier molecular flexibility index (Phi) is 4.65. The van der Waals surface area contributed by atoms with Crippen LogP contribution in [0.5, 0.6) is 0 Å². The lowest BCUT2D eigenvalue weighted by atomic mass is 10.0. The molecule has 7 heteroatoms. The van der Waals surface area contributed by atoms with Gasteiger partial charge in [-0.2, -0.15) is 0 Å². The summed E-state index contributed by atoms with van der Waals surface area (Å²) in [5, 5.41) is 2.83. The molecule has 1 heterocycles. The molecule has 0 radical (unpaired) electrons. The minimum atomic E-state index is -0.775. The molecule has 0 saturated heterocycles. The van der Waals surface area contributed by atoms with Crippen LogP contribution in [0.2, 0.25) is 0 Å². The summed E-state index contributed by atoms with van der Waals surface area (Å²) in [4.78, 5) is 48.8. The number of Topliss-reactive ketones (excluding diaryl/α,β-unsaturated/α-hetero) is 1. The molecule has 0 bridgehead atoms. The van der Waals surface area contributed by atoms with Crippen molar-refractivity contribution in [3.63, 3.8) is 0 Å². The van der Waals surface area contributed by atoms with Crippen LogP contribution < -0.4 is 11.1 Å². The molecule has 2 aromatic carbocycles. The summed E-state index contributed by atoms with van der Waals surface area (Å²) in [5.74, 6) is -1.08. The lowest BCUT2D eigenvalue weighted by Crippen LogP contribution is -2.33. The van der Waals surface area contributed by atoms with Crippen LogP contribution in [0.3, 0.4) is 0 Å². The van der Waals surface area contributed by atoms with Gasteiger partial charge < -0.3 is 4.74 Å². The van der Waals surface area contributed by atoms with Crippen molar-refractivity contribution in [3.05, 3.63) is 79.9 Å². The molecule has 142 valence electrons. The summed E-state index contributed by atoms with van der Waals surface area (Å²) in [6.45, 7) is -0.888. The average molecular weight is 378 g/mol. The predicted molar refractivity (Wildman–Crippen MR) is 103 cm³/mol. The van der Waals surface area contributed by atoms with Gasteiger partial charge in [-0.15, -0.1) is 0 Å². The van der Waals surface area contributed by atoms with E-state index in [0.717, 1.165) is 29.5 Å². The van der Waals surface area contributed by atoms with Gasteiger partial charge in [-0.05, 0) is 48.6 Å². The lowest BCUT2D eigenvalue weighted by Gasteiger charge is -2.08. The molecule has 0 saturated carbocycles. The molecule has 1 aliphatic rings. The van der Waals surface area contributed by atoms with E-state index in [1.807, 2.05) is 12.1 Å². The number of esters is 1. The van der Waals surface area contributed by atoms with Gasteiger partial charge in [0.1, 0.15) is 6.54 Å². The van der Waals surface area contributed by atoms with Crippen molar-refractivity contribution in [1.82, 2.24) is 9.78 Å². The van der Waals surface area contributed by atoms with Crippen LogP contribution in [-0.2, 0) is 28.9 Å². The zero-order valence-electron chi connectivity index (χ0n) is 15.1. The Balaban J connectivity index is 1.44. The number of carbonyl (C=O) groups is 2. The maximum atomic E-state index is 12.4. The van der Waals surface area contributed by atoms with E-state index in [-0.39, 0.29) is 16.6 Å². The number of hydrogen-bond donors (Lipinski definition) is 1. The number of carbonyl (C=O) groups excluding carboxylic acids is 2. The summed E-state index contributed by atoms with van der Waals surface area (Å²) >= 11 is 0. The van der Waals surface area contributed by atoms with Gasteiger partial charge in [-0.3, -0.25) is 24.3 Å². The number of nitrogens with zero attached hydrogens (tertiary/aromatic N) is 1. The van der Waals surface area contributed by atoms with Crippen molar-refractivity contribution >= 4 is 22.5 Å². The molecule has 0 aliphatic heterocycles. The Hall–Kier alpha value is -3.48. The lowest BCUT2D eigenvalue weighted by molar-refractivity contribution is -0.143. The van der Waals surface area contributed by atoms with Gasteiger partial charge in [0.05, 0.1) is 10.8 Å². The number of ether oxygens (including phenoxy) is 1. The van der Waals surface area contributed by atoms with Crippen LogP contribution in [0.15, 0.2) is 52.1 Å². The molecule has 1 aromatic heterocycles. The number of aromatic nitrogens is 2. The zero-order valence-corrected chi connectivity index (χ0v) is 15.1. The summed E-state index contributed by atoms with van der Waals surface area (Å²) in [6.07, 6.45) is 3.06. The number of hydrogen-bond acceptors (Lipinski definition) is 5. The van der Waals surface area contributed by atoms with E-state index in [1.165, 1.54) is 17.7 Å². The second kappa shape index (κ2) is 7.26. The number of nitrogens with one attached hydrogen (secondary N) is 1. The number of aromatic amines is 1. The smallest absolute Gasteiger partial charge is 0.328 e. The molecule has 0 spiro atoms. The standard InChI is InChI=1S/C21H18N2O5/c24-18(15-9-8-13-4-3-5-14(13)10-15)12-28-19(25)11-23-21(27)17-7-2-1-6-16(17)20(26)22-23/h1-2,6-10H,3-5,11-12H2,(H,22,26). The Morgan fingerprint density at radius 3 is 2.57 bits per heavy atom. The fourth-order valence-electron chi connectivity index (χ4n) is 3.51.